The van der Waals surface area contributed by atoms with E-state index in [-0.39, 0.29) is 30.5 Å². The van der Waals surface area contributed by atoms with Crippen LogP contribution < -0.4 is 10.1 Å². The number of aromatic amines is 1. The molecular weight excluding hydrogens is 473 g/mol. The minimum absolute atomic E-state index is 0.0939. The third-order valence-corrected chi connectivity index (χ3v) is 5.22. The van der Waals surface area contributed by atoms with Crippen molar-refractivity contribution in [2.45, 2.75) is 25.9 Å². The van der Waals surface area contributed by atoms with E-state index in [1.807, 2.05) is 0 Å². The second kappa shape index (κ2) is 10.2. The van der Waals surface area contributed by atoms with Crippen LogP contribution in [0.2, 0.25) is 5.02 Å². The van der Waals surface area contributed by atoms with Crippen LogP contribution in [0.5, 0.6) is 5.75 Å². The van der Waals surface area contributed by atoms with Gasteiger partial charge in [0.2, 0.25) is 5.82 Å². The molecule has 2 aromatic heterocycles. The summed E-state index contributed by atoms with van der Waals surface area (Å²) in [4.78, 5) is 21.0. The van der Waals surface area contributed by atoms with E-state index in [4.69, 9.17) is 16.3 Å². The standard InChI is InChI=1S/C25H23ClFN5O3/c1-25(2,34)14-35-17-7-8-19(26)18(13-17)15-9-10-28-21(11-15)30-24(33)23-29-22(31-32-23)12-16-5-3-4-6-20(16)27/h3-11,13,34H,12,14H2,1-2H3,(H,28,30,33)(H,29,31,32). The highest BCUT2D eigenvalue weighted by molar-refractivity contribution is 6.33. The Morgan fingerprint density at radius 1 is 1.20 bits per heavy atom. The Kier molecular flexibility index (Phi) is 7.09. The van der Waals surface area contributed by atoms with Crippen molar-refractivity contribution in [2.75, 3.05) is 11.9 Å². The second-order valence-electron chi connectivity index (χ2n) is 8.50. The number of pyridine rings is 1. The van der Waals surface area contributed by atoms with Gasteiger partial charge in [-0.3, -0.25) is 9.89 Å². The maximum atomic E-state index is 13.9. The zero-order valence-electron chi connectivity index (χ0n) is 19.0. The van der Waals surface area contributed by atoms with Gasteiger partial charge in [0.1, 0.15) is 29.8 Å². The molecule has 180 valence electrons. The van der Waals surface area contributed by atoms with Crippen molar-refractivity contribution in [1.29, 1.82) is 0 Å². The number of aromatic nitrogens is 4. The number of amides is 1. The fourth-order valence-corrected chi connectivity index (χ4v) is 3.44. The molecule has 0 spiro atoms. The van der Waals surface area contributed by atoms with Gasteiger partial charge in [-0.05, 0) is 61.4 Å². The highest BCUT2D eigenvalue weighted by atomic mass is 35.5. The fraction of sp³-hybridized carbons (Fsp3) is 0.200. The zero-order valence-corrected chi connectivity index (χ0v) is 19.8. The van der Waals surface area contributed by atoms with Crippen molar-refractivity contribution in [2.24, 2.45) is 0 Å². The maximum Gasteiger partial charge on any atom is 0.296 e. The molecule has 4 aromatic rings. The summed E-state index contributed by atoms with van der Waals surface area (Å²) in [6.45, 7) is 3.42. The number of benzene rings is 2. The number of anilines is 1. The first-order valence-corrected chi connectivity index (χ1v) is 11.1. The molecule has 0 atom stereocenters. The van der Waals surface area contributed by atoms with Crippen molar-refractivity contribution < 1.29 is 19.0 Å². The molecule has 0 unspecified atom stereocenters. The number of carbonyl (C=O) groups is 1. The molecule has 0 radical (unpaired) electrons. The molecule has 0 saturated carbocycles. The van der Waals surface area contributed by atoms with Crippen molar-refractivity contribution in [3.8, 4) is 16.9 Å². The Hall–Kier alpha value is -3.82. The molecule has 2 aromatic carbocycles. The van der Waals surface area contributed by atoms with E-state index in [2.05, 4.69) is 25.5 Å². The van der Waals surface area contributed by atoms with Crippen molar-refractivity contribution >= 4 is 23.3 Å². The molecule has 0 fully saturated rings. The van der Waals surface area contributed by atoms with E-state index < -0.39 is 11.5 Å². The molecule has 35 heavy (non-hydrogen) atoms. The number of halogens is 2. The third kappa shape index (κ3) is 6.40. The number of hydrogen-bond donors (Lipinski definition) is 3. The summed E-state index contributed by atoms with van der Waals surface area (Å²) < 4.78 is 19.5. The van der Waals surface area contributed by atoms with E-state index in [0.717, 1.165) is 0 Å². The number of nitrogens with zero attached hydrogens (tertiary/aromatic N) is 3. The fourth-order valence-electron chi connectivity index (χ4n) is 3.21. The molecule has 8 nitrogen and oxygen atoms in total. The van der Waals surface area contributed by atoms with E-state index in [9.17, 15) is 14.3 Å². The maximum absolute atomic E-state index is 13.9. The molecule has 0 saturated heterocycles. The number of ether oxygens (including phenoxy) is 1. The summed E-state index contributed by atoms with van der Waals surface area (Å²) in [5, 5.41) is 19.6. The van der Waals surface area contributed by atoms with Crippen molar-refractivity contribution in [1.82, 2.24) is 20.2 Å². The van der Waals surface area contributed by atoms with Crippen LogP contribution in [0, 0.1) is 5.82 Å². The van der Waals surface area contributed by atoms with Gasteiger partial charge in [0, 0.05) is 23.2 Å². The minimum Gasteiger partial charge on any atom is -0.491 e. The average molecular weight is 496 g/mol. The Labute approximate surface area is 206 Å². The van der Waals surface area contributed by atoms with Crippen LogP contribution in [-0.4, -0.2) is 43.4 Å². The molecule has 3 N–H and O–H groups in total. The first kappa shape index (κ1) is 24.3. The van der Waals surface area contributed by atoms with E-state index in [1.54, 1.807) is 62.4 Å². The molecule has 1 amide bonds. The Morgan fingerprint density at radius 2 is 2.00 bits per heavy atom. The Bertz CT molecular complexity index is 1350. The van der Waals surface area contributed by atoms with E-state index in [1.165, 1.54) is 12.3 Å². The number of nitrogens with one attached hydrogen (secondary N) is 2. The summed E-state index contributed by atoms with van der Waals surface area (Å²) in [6.07, 6.45) is 1.71. The van der Waals surface area contributed by atoms with Gasteiger partial charge in [-0.15, -0.1) is 5.10 Å². The SMILES string of the molecule is CC(C)(O)COc1ccc(Cl)c(-c2ccnc(NC(=O)c3n[nH]c(Cc4ccccc4F)n3)c2)c1. The molecule has 4 rings (SSSR count). The smallest absolute Gasteiger partial charge is 0.296 e. The highest BCUT2D eigenvalue weighted by Crippen LogP contribution is 2.32. The number of hydrogen-bond acceptors (Lipinski definition) is 6. The monoisotopic (exact) mass is 495 g/mol. The zero-order chi connectivity index (χ0) is 25.0. The number of rotatable bonds is 8. The summed E-state index contributed by atoms with van der Waals surface area (Å²) >= 11 is 6.39. The van der Waals surface area contributed by atoms with Crippen molar-refractivity contribution in [3.63, 3.8) is 0 Å². The largest absolute Gasteiger partial charge is 0.491 e. The van der Waals surface area contributed by atoms with Crippen LogP contribution in [0.4, 0.5) is 10.2 Å². The summed E-state index contributed by atoms with van der Waals surface area (Å²) in [5.41, 5.74) is 0.825. The number of H-pyrrole nitrogens is 1. The summed E-state index contributed by atoms with van der Waals surface area (Å²) in [5.74, 6) is 0.146. The first-order valence-electron chi connectivity index (χ1n) is 10.8. The lowest BCUT2D eigenvalue weighted by atomic mass is 10.1. The summed E-state index contributed by atoms with van der Waals surface area (Å²) in [6, 6.07) is 14.9. The lowest BCUT2D eigenvalue weighted by Crippen LogP contribution is -2.27. The van der Waals surface area contributed by atoms with Crippen LogP contribution in [0.25, 0.3) is 11.1 Å². The van der Waals surface area contributed by atoms with Gasteiger partial charge in [-0.1, -0.05) is 29.8 Å². The normalized spacial score (nSPS) is 11.3. The van der Waals surface area contributed by atoms with E-state index >= 15 is 0 Å². The molecule has 0 aliphatic heterocycles. The topological polar surface area (TPSA) is 113 Å². The van der Waals surface area contributed by atoms with Gasteiger partial charge >= 0.3 is 0 Å². The Morgan fingerprint density at radius 3 is 2.77 bits per heavy atom. The lowest BCUT2D eigenvalue weighted by Gasteiger charge is -2.18. The molecular formula is C25H23ClFN5O3. The molecule has 10 heteroatoms. The van der Waals surface area contributed by atoms with Crippen LogP contribution in [0.3, 0.4) is 0 Å². The highest BCUT2D eigenvalue weighted by Gasteiger charge is 2.17. The van der Waals surface area contributed by atoms with Gasteiger partial charge in [0.15, 0.2) is 0 Å². The van der Waals surface area contributed by atoms with Crippen LogP contribution >= 0.6 is 11.6 Å². The average Bonchev–Trinajstić information content (AvgIpc) is 3.28. The molecule has 0 bridgehead atoms. The predicted octanol–water partition coefficient (Wildman–Crippen LogP) is 4.65. The number of aliphatic hydroxyl groups is 1. The quantitative estimate of drug-likeness (QED) is 0.328. The Balaban J connectivity index is 1.48. The molecule has 2 heterocycles. The van der Waals surface area contributed by atoms with Crippen LogP contribution in [0.1, 0.15) is 35.9 Å². The van der Waals surface area contributed by atoms with E-state index in [0.29, 0.717) is 33.3 Å². The van der Waals surface area contributed by atoms with Crippen molar-refractivity contribution in [3.05, 3.63) is 88.8 Å². The predicted molar refractivity (Wildman–Crippen MR) is 130 cm³/mol. The van der Waals surface area contributed by atoms with Crippen LogP contribution in [-0.2, 0) is 6.42 Å². The van der Waals surface area contributed by atoms with Crippen LogP contribution in [0.15, 0.2) is 60.8 Å². The lowest BCUT2D eigenvalue weighted by molar-refractivity contribution is 0.0285. The number of carbonyl (C=O) groups excluding carboxylic acids is 1. The third-order valence-electron chi connectivity index (χ3n) is 4.89. The molecule has 0 aliphatic rings. The van der Waals surface area contributed by atoms with Gasteiger partial charge < -0.3 is 15.2 Å². The first-order chi connectivity index (χ1) is 16.7. The van der Waals surface area contributed by atoms with Gasteiger partial charge in [-0.25, -0.2) is 14.4 Å². The van der Waals surface area contributed by atoms with Gasteiger partial charge in [-0.2, -0.15) is 0 Å². The van der Waals surface area contributed by atoms with Gasteiger partial charge in [0.05, 0.1) is 5.60 Å². The molecule has 0 aliphatic carbocycles. The minimum atomic E-state index is -0.983. The van der Waals surface area contributed by atoms with Gasteiger partial charge in [0.25, 0.3) is 5.91 Å². The summed E-state index contributed by atoms with van der Waals surface area (Å²) in [7, 11) is 0. The second-order valence-corrected chi connectivity index (χ2v) is 8.91.